The number of nitrogens with zero attached hydrogens (tertiary/aromatic N) is 7. The van der Waals surface area contributed by atoms with Gasteiger partial charge in [0.1, 0.15) is 12.4 Å². The van der Waals surface area contributed by atoms with Crippen molar-refractivity contribution in [3.05, 3.63) is 120 Å². The fraction of sp³-hybridized carbons (Fsp3) is 0.383. The fourth-order valence-electron chi connectivity index (χ4n) is 7.05. The number of carbonyl (C=O) groups is 3. The molecule has 7 rings (SSSR count). The molecule has 5 N–H and O–H groups in total. The van der Waals surface area contributed by atoms with Crippen molar-refractivity contribution >= 4 is 46.4 Å². The summed E-state index contributed by atoms with van der Waals surface area (Å²) in [6.45, 7) is 9.92. The number of benzene rings is 3. The number of benzodiazepines with no additional fused rings is 1. The first-order valence-electron chi connectivity index (χ1n) is 21.4. The summed E-state index contributed by atoms with van der Waals surface area (Å²) in [5.41, 5.74) is 4.17. The van der Waals surface area contributed by atoms with Gasteiger partial charge in [-0.3, -0.25) is 19.5 Å². The number of aliphatic hydroxyl groups excluding tert-OH is 1. The van der Waals surface area contributed by atoms with Gasteiger partial charge < -0.3 is 36.0 Å². The van der Waals surface area contributed by atoms with Crippen molar-refractivity contribution in [3.8, 4) is 5.75 Å². The van der Waals surface area contributed by atoms with Gasteiger partial charge in [-0.25, -0.2) is 14.5 Å². The summed E-state index contributed by atoms with van der Waals surface area (Å²) >= 11 is 0. The van der Waals surface area contributed by atoms with Gasteiger partial charge in [0.05, 0.1) is 30.2 Å². The highest BCUT2D eigenvalue weighted by atomic mass is 16.5. The molecule has 2 aliphatic heterocycles. The first-order chi connectivity index (χ1) is 30.4. The number of hydrogen-bond donors (Lipinski definition) is 5. The summed E-state index contributed by atoms with van der Waals surface area (Å²) < 4.78 is 7.52. The Labute approximate surface area is 369 Å². The first kappa shape index (κ1) is 45.9. The topological polar surface area (TPSA) is 191 Å². The zero-order valence-corrected chi connectivity index (χ0v) is 36.8. The molecule has 0 unspecified atom stereocenters. The number of carbonyl (C=O) groups excluding carboxylic acids is 3. The van der Waals surface area contributed by atoms with Gasteiger partial charge in [-0.2, -0.15) is 10.1 Å². The van der Waals surface area contributed by atoms with Crippen molar-refractivity contribution < 1.29 is 24.2 Å². The van der Waals surface area contributed by atoms with Crippen LogP contribution in [-0.4, -0.2) is 99.2 Å². The number of Topliss-reactive ketones (excluding diaryl/α,β-unsaturated/α-hetero) is 1. The Morgan fingerprint density at radius 1 is 0.921 bits per heavy atom. The van der Waals surface area contributed by atoms with Gasteiger partial charge >= 0.3 is 6.03 Å². The van der Waals surface area contributed by atoms with Crippen LogP contribution in [0.5, 0.6) is 5.75 Å². The minimum Gasteiger partial charge on any atom is -0.494 e. The Morgan fingerprint density at radius 2 is 1.68 bits per heavy atom. The number of aromatic nitrogens is 4. The summed E-state index contributed by atoms with van der Waals surface area (Å²) in [7, 11) is 3.58. The Hall–Kier alpha value is -6.65. The third-order valence-electron chi connectivity index (χ3n) is 10.5. The Bertz CT molecular complexity index is 2340. The molecular formula is C47H59N11O5. The highest BCUT2D eigenvalue weighted by Crippen LogP contribution is 2.29. The molecular weight excluding hydrogens is 799 g/mol. The predicted molar refractivity (Wildman–Crippen MR) is 246 cm³/mol. The first-order valence-corrected chi connectivity index (χ1v) is 21.4. The van der Waals surface area contributed by atoms with Gasteiger partial charge in [0.2, 0.25) is 12.1 Å². The van der Waals surface area contributed by atoms with E-state index in [9.17, 15) is 14.4 Å². The lowest BCUT2D eigenvalue weighted by Gasteiger charge is -2.28. The molecule has 3 amide bonds. The van der Waals surface area contributed by atoms with Crippen molar-refractivity contribution in [1.82, 2.24) is 30.0 Å². The molecule has 1 saturated heterocycles. The van der Waals surface area contributed by atoms with Gasteiger partial charge in [-0.1, -0.05) is 69.7 Å². The number of rotatable bonds is 15. The molecule has 1 fully saturated rings. The molecule has 0 spiro atoms. The fourth-order valence-corrected chi connectivity index (χ4v) is 7.05. The Kier molecular flexibility index (Phi) is 16.0. The third-order valence-corrected chi connectivity index (χ3v) is 10.5. The molecule has 332 valence electrons. The molecule has 0 aliphatic carbocycles. The number of pyridine rings is 1. The lowest BCUT2D eigenvalue weighted by Crippen LogP contribution is -2.50. The molecule has 63 heavy (non-hydrogen) atoms. The SMILES string of the molecule is CNc1cccc(NC(=O)N[C@@H]2N=C(c3ccccn3)c3ccccc3N(CC(=O)C(C)(C)C)C2=O)c1.Cn1nc(CO)nc1NCCCOc1cccc(CN2CCCCC2)c1. The van der Waals surface area contributed by atoms with Crippen molar-refractivity contribution in [3.63, 3.8) is 0 Å². The van der Waals surface area contributed by atoms with Gasteiger partial charge in [0.25, 0.3) is 5.91 Å². The number of piperidine rings is 1. The molecule has 2 aromatic heterocycles. The lowest BCUT2D eigenvalue weighted by molar-refractivity contribution is -0.127. The summed E-state index contributed by atoms with van der Waals surface area (Å²) in [6, 6.07) is 27.6. The molecule has 0 saturated carbocycles. The normalized spacial score (nSPS) is 15.2. The molecule has 4 heterocycles. The molecule has 3 aromatic carbocycles. The van der Waals surface area contributed by atoms with E-state index in [0.29, 0.717) is 46.7 Å². The monoisotopic (exact) mass is 857 g/mol. The maximum Gasteiger partial charge on any atom is 0.321 e. The number of aliphatic hydroxyl groups is 1. The molecule has 5 aromatic rings. The van der Waals surface area contributed by atoms with E-state index in [1.54, 1.807) is 67.4 Å². The number of likely N-dealkylation sites (tertiary alicyclic amines) is 1. The number of amides is 3. The van der Waals surface area contributed by atoms with Crippen LogP contribution < -0.4 is 30.9 Å². The highest BCUT2D eigenvalue weighted by Gasteiger charge is 2.36. The van der Waals surface area contributed by atoms with E-state index >= 15 is 0 Å². The quantitative estimate of drug-likeness (QED) is 0.0749. The third kappa shape index (κ3) is 12.9. The van der Waals surface area contributed by atoms with Crippen LogP contribution in [0.4, 0.5) is 27.8 Å². The molecule has 16 heteroatoms. The zero-order valence-electron chi connectivity index (χ0n) is 36.8. The van der Waals surface area contributed by atoms with Gasteiger partial charge in [0, 0.05) is 55.7 Å². The van der Waals surface area contributed by atoms with Crippen LogP contribution in [0, 0.1) is 5.41 Å². The molecule has 1 atom stereocenters. The Balaban J connectivity index is 0.000000223. The second-order valence-electron chi connectivity index (χ2n) is 16.4. The average molecular weight is 858 g/mol. The minimum atomic E-state index is -1.29. The van der Waals surface area contributed by atoms with Crippen molar-refractivity contribution in [2.24, 2.45) is 17.5 Å². The zero-order chi connectivity index (χ0) is 44.8. The number of anilines is 4. The number of fused-ring (bicyclic) bond motifs is 1. The van der Waals surface area contributed by atoms with E-state index in [1.807, 2.05) is 51.1 Å². The van der Waals surface area contributed by atoms with E-state index in [4.69, 9.17) is 9.84 Å². The number of aliphatic imine (C=N–C) groups is 1. The van der Waals surface area contributed by atoms with E-state index in [2.05, 4.69) is 64.4 Å². The highest BCUT2D eigenvalue weighted by molar-refractivity contribution is 6.20. The Morgan fingerprint density at radius 3 is 2.41 bits per heavy atom. The summed E-state index contributed by atoms with van der Waals surface area (Å²) in [4.78, 5) is 57.1. The molecule has 2 aliphatic rings. The van der Waals surface area contributed by atoms with Crippen LogP contribution in [-0.2, 0) is 29.8 Å². The van der Waals surface area contributed by atoms with Gasteiger partial charge in [-0.05, 0) is 86.4 Å². The standard InChI is InChI=1S/C28H30N6O3.C19H29N5O2/c1-28(2,3)23(35)17-34-22-14-6-5-12-20(22)24(21-13-7-8-15-30-21)32-25(26(34)36)33-27(37)31-19-11-9-10-18(16-19)29-4;1-23-19(21-18(15-25)22-23)20-9-6-12-26-17-8-5-7-16(13-17)14-24-10-3-2-4-11-24/h5-16,25,29H,17H2,1-4H3,(H2,31,33,37);5,7-8,13,25H,2-4,6,9-12,14-15H2,1H3,(H,20,21,22)/t25-;/m0./s1. The number of aryl methyl sites for hydroxylation is 1. The van der Waals surface area contributed by atoms with Gasteiger partial charge in [-0.15, -0.1) is 0 Å². The minimum absolute atomic E-state index is 0.121. The average Bonchev–Trinajstić information content (AvgIpc) is 3.61. The van der Waals surface area contributed by atoms with Crippen molar-refractivity contribution in [2.75, 3.05) is 60.7 Å². The number of ketones is 1. The predicted octanol–water partition coefficient (Wildman–Crippen LogP) is 6.24. The van der Waals surface area contributed by atoms with E-state index in [-0.39, 0.29) is 18.9 Å². The van der Waals surface area contributed by atoms with Crippen LogP contribution >= 0.6 is 0 Å². The molecule has 0 radical (unpaired) electrons. The van der Waals surface area contributed by atoms with Crippen molar-refractivity contribution in [1.29, 1.82) is 0 Å². The molecule has 0 bridgehead atoms. The van der Waals surface area contributed by atoms with Crippen LogP contribution in [0.1, 0.15) is 69.1 Å². The maximum absolute atomic E-state index is 13.8. The van der Waals surface area contributed by atoms with Crippen LogP contribution in [0.15, 0.2) is 102 Å². The van der Waals surface area contributed by atoms with Crippen molar-refractivity contribution in [2.45, 2.75) is 65.8 Å². The summed E-state index contributed by atoms with van der Waals surface area (Å²) in [5, 5.41) is 24.8. The van der Waals surface area contributed by atoms with E-state index in [0.717, 1.165) is 30.9 Å². The number of para-hydroxylation sites is 1. The van der Waals surface area contributed by atoms with E-state index in [1.165, 1.54) is 42.8 Å². The maximum atomic E-state index is 13.8. The number of nitrogens with one attached hydrogen (secondary N) is 4. The summed E-state index contributed by atoms with van der Waals surface area (Å²) in [6.07, 6.45) is 5.20. The van der Waals surface area contributed by atoms with Crippen LogP contribution in [0.3, 0.4) is 0 Å². The second kappa shape index (κ2) is 21.9. The van der Waals surface area contributed by atoms with Crippen LogP contribution in [0.2, 0.25) is 0 Å². The number of hydrogen-bond acceptors (Lipinski definition) is 12. The summed E-state index contributed by atoms with van der Waals surface area (Å²) in [5.74, 6) is 1.38. The van der Waals surface area contributed by atoms with Gasteiger partial charge in [0.15, 0.2) is 11.6 Å². The molecule has 16 nitrogen and oxygen atoms in total. The smallest absolute Gasteiger partial charge is 0.321 e. The largest absolute Gasteiger partial charge is 0.494 e. The lowest BCUT2D eigenvalue weighted by atomic mass is 9.90. The number of urea groups is 1. The van der Waals surface area contributed by atoms with E-state index < -0.39 is 23.5 Å². The number of ether oxygens (including phenoxy) is 1. The van der Waals surface area contributed by atoms with Crippen LogP contribution in [0.25, 0.3) is 0 Å². The second-order valence-corrected chi connectivity index (χ2v) is 16.4.